The summed E-state index contributed by atoms with van der Waals surface area (Å²) in [7, 11) is 0. The van der Waals surface area contributed by atoms with Gasteiger partial charge in [-0.15, -0.1) is 0 Å². The molecular weight excluding hydrogens is 198 g/mol. The average molecular weight is 221 g/mol. The Morgan fingerprint density at radius 3 is 2.56 bits per heavy atom. The van der Waals surface area contributed by atoms with Crippen LogP contribution in [-0.4, -0.2) is 17.1 Å². The smallest absolute Gasteiger partial charge is 0.126 e. The van der Waals surface area contributed by atoms with Crippen LogP contribution in [0.1, 0.15) is 38.7 Å². The maximum Gasteiger partial charge on any atom is 0.126 e. The minimum absolute atomic E-state index is 0.373. The zero-order valence-corrected chi connectivity index (χ0v) is 10.5. The Labute approximate surface area is 98.5 Å². The third kappa shape index (κ3) is 3.81. The second kappa shape index (κ2) is 6.48. The first-order chi connectivity index (χ1) is 7.74. The molecule has 1 aromatic heterocycles. The molecule has 0 amide bonds. The van der Waals surface area contributed by atoms with Crippen LogP contribution in [0.15, 0.2) is 18.3 Å². The van der Waals surface area contributed by atoms with Crippen molar-refractivity contribution in [2.24, 2.45) is 5.73 Å². The first-order valence-corrected chi connectivity index (χ1v) is 6.19. The summed E-state index contributed by atoms with van der Waals surface area (Å²) in [4.78, 5) is 4.31. The number of anilines is 1. The van der Waals surface area contributed by atoms with Crippen molar-refractivity contribution in [3.8, 4) is 0 Å². The SMILES string of the molecule is CC.Cc1ccc(NC2CCC(N)C2)nc1. The Kier molecular flexibility index (Phi) is 5.26. The molecule has 1 heterocycles. The van der Waals surface area contributed by atoms with Crippen LogP contribution in [0.2, 0.25) is 0 Å². The number of rotatable bonds is 2. The molecular formula is C13H23N3. The molecule has 1 aliphatic rings. The van der Waals surface area contributed by atoms with E-state index in [1.54, 1.807) is 0 Å². The number of nitrogens with zero attached hydrogens (tertiary/aromatic N) is 1. The fraction of sp³-hybridized carbons (Fsp3) is 0.615. The van der Waals surface area contributed by atoms with Crippen LogP contribution in [0.4, 0.5) is 5.82 Å². The molecule has 0 bridgehead atoms. The van der Waals surface area contributed by atoms with Crippen molar-refractivity contribution in [3.05, 3.63) is 23.9 Å². The molecule has 0 spiro atoms. The van der Waals surface area contributed by atoms with Gasteiger partial charge in [0.25, 0.3) is 0 Å². The van der Waals surface area contributed by atoms with Crippen molar-refractivity contribution in [1.29, 1.82) is 0 Å². The third-order valence-electron chi connectivity index (χ3n) is 2.74. The molecule has 1 fully saturated rings. The molecule has 2 unspecified atom stereocenters. The van der Waals surface area contributed by atoms with E-state index < -0.39 is 0 Å². The van der Waals surface area contributed by atoms with Gasteiger partial charge in [0.05, 0.1) is 0 Å². The molecule has 16 heavy (non-hydrogen) atoms. The molecule has 1 aliphatic carbocycles. The maximum absolute atomic E-state index is 5.84. The van der Waals surface area contributed by atoms with E-state index in [4.69, 9.17) is 5.73 Å². The van der Waals surface area contributed by atoms with Gasteiger partial charge in [-0.3, -0.25) is 0 Å². The van der Waals surface area contributed by atoms with Crippen LogP contribution in [0, 0.1) is 6.92 Å². The minimum atomic E-state index is 0.373. The molecule has 2 rings (SSSR count). The highest BCUT2D eigenvalue weighted by atomic mass is 15.0. The van der Waals surface area contributed by atoms with Gasteiger partial charge in [0.1, 0.15) is 5.82 Å². The Hall–Kier alpha value is -1.09. The fourth-order valence-corrected chi connectivity index (χ4v) is 1.91. The van der Waals surface area contributed by atoms with Gasteiger partial charge in [0.15, 0.2) is 0 Å². The Morgan fingerprint density at radius 1 is 1.31 bits per heavy atom. The molecule has 0 aromatic carbocycles. The molecule has 3 heteroatoms. The number of aryl methyl sites for hydroxylation is 1. The van der Waals surface area contributed by atoms with E-state index in [2.05, 4.69) is 16.4 Å². The van der Waals surface area contributed by atoms with Crippen LogP contribution in [-0.2, 0) is 0 Å². The Bertz CT molecular complexity index is 295. The first-order valence-electron chi connectivity index (χ1n) is 6.19. The molecule has 0 saturated heterocycles. The summed E-state index contributed by atoms with van der Waals surface area (Å²) in [6, 6.07) is 4.99. The van der Waals surface area contributed by atoms with E-state index in [9.17, 15) is 0 Å². The quantitative estimate of drug-likeness (QED) is 0.807. The predicted octanol–water partition coefficient (Wildman–Crippen LogP) is 2.71. The fourth-order valence-electron chi connectivity index (χ4n) is 1.91. The third-order valence-corrected chi connectivity index (χ3v) is 2.74. The zero-order valence-electron chi connectivity index (χ0n) is 10.5. The van der Waals surface area contributed by atoms with E-state index in [1.165, 1.54) is 5.56 Å². The van der Waals surface area contributed by atoms with Gasteiger partial charge in [-0.05, 0) is 37.8 Å². The van der Waals surface area contributed by atoms with Gasteiger partial charge in [0.2, 0.25) is 0 Å². The second-order valence-corrected chi connectivity index (χ2v) is 4.14. The van der Waals surface area contributed by atoms with Gasteiger partial charge < -0.3 is 11.1 Å². The van der Waals surface area contributed by atoms with Gasteiger partial charge in [-0.2, -0.15) is 0 Å². The molecule has 0 radical (unpaired) electrons. The number of hydrogen-bond donors (Lipinski definition) is 2. The minimum Gasteiger partial charge on any atom is -0.367 e. The largest absolute Gasteiger partial charge is 0.367 e. The predicted molar refractivity (Wildman–Crippen MR) is 69.6 cm³/mol. The van der Waals surface area contributed by atoms with E-state index in [0.29, 0.717) is 12.1 Å². The molecule has 0 aliphatic heterocycles. The van der Waals surface area contributed by atoms with Crippen molar-refractivity contribution < 1.29 is 0 Å². The highest BCUT2D eigenvalue weighted by molar-refractivity contribution is 5.36. The van der Waals surface area contributed by atoms with E-state index in [0.717, 1.165) is 25.1 Å². The van der Waals surface area contributed by atoms with Gasteiger partial charge in [-0.25, -0.2) is 4.98 Å². The highest BCUT2D eigenvalue weighted by Gasteiger charge is 2.21. The van der Waals surface area contributed by atoms with Crippen molar-refractivity contribution in [2.45, 2.75) is 52.1 Å². The van der Waals surface area contributed by atoms with Crippen LogP contribution in [0.5, 0.6) is 0 Å². The molecule has 2 atom stereocenters. The number of aromatic nitrogens is 1. The zero-order chi connectivity index (χ0) is 12.0. The van der Waals surface area contributed by atoms with Gasteiger partial charge in [0, 0.05) is 18.3 Å². The van der Waals surface area contributed by atoms with Crippen molar-refractivity contribution in [2.75, 3.05) is 5.32 Å². The lowest BCUT2D eigenvalue weighted by molar-refractivity contribution is 0.686. The Morgan fingerprint density at radius 2 is 2.06 bits per heavy atom. The number of nitrogens with one attached hydrogen (secondary N) is 1. The van der Waals surface area contributed by atoms with Crippen molar-refractivity contribution >= 4 is 5.82 Å². The summed E-state index contributed by atoms with van der Waals surface area (Å²) in [5.41, 5.74) is 7.04. The highest BCUT2D eigenvalue weighted by Crippen LogP contribution is 2.20. The van der Waals surface area contributed by atoms with Gasteiger partial charge >= 0.3 is 0 Å². The summed E-state index contributed by atoms with van der Waals surface area (Å²) in [6.07, 6.45) is 5.24. The summed E-state index contributed by atoms with van der Waals surface area (Å²) in [5.74, 6) is 0.967. The topological polar surface area (TPSA) is 50.9 Å². The lowest BCUT2D eigenvalue weighted by atomic mass is 10.2. The molecule has 3 nitrogen and oxygen atoms in total. The lowest BCUT2D eigenvalue weighted by Gasteiger charge is -2.12. The number of hydrogen-bond acceptors (Lipinski definition) is 3. The summed E-state index contributed by atoms with van der Waals surface area (Å²) < 4.78 is 0. The molecule has 1 aromatic rings. The molecule has 1 saturated carbocycles. The number of nitrogens with two attached hydrogens (primary N) is 1. The van der Waals surface area contributed by atoms with Crippen LogP contribution in [0.3, 0.4) is 0 Å². The molecule has 90 valence electrons. The maximum atomic E-state index is 5.84. The summed E-state index contributed by atoms with van der Waals surface area (Å²) in [6.45, 7) is 6.04. The molecule has 3 N–H and O–H groups in total. The van der Waals surface area contributed by atoms with E-state index >= 15 is 0 Å². The standard InChI is InChI=1S/C11H17N3.C2H6/c1-8-2-5-11(13-7-8)14-10-4-3-9(12)6-10;1-2/h2,5,7,9-10H,3-4,6,12H2,1H3,(H,13,14);1-2H3. The van der Waals surface area contributed by atoms with Crippen molar-refractivity contribution in [3.63, 3.8) is 0 Å². The van der Waals surface area contributed by atoms with Crippen LogP contribution in [0.25, 0.3) is 0 Å². The van der Waals surface area contributed by atoms with Gasteiger partial charge in [-0.1, -0.05) is 19.9 Å². The van der Waals surface area contributed by atoms with Crippen LogP contribution < -0.4 is 11.1 Å². The first kappa shape index (κ1) is 13.0. The summed E-state index contributed by atoms with van der Waals surface area (Å²) >= 11 is 0. The van der Waals surface area contributed by atoms with Crippen LogP contribution >= 0.6 is 0 Å². The normalized spacial score (nSPS) is 23.5. The second-order valence-electron chi connectivity index (χ2n) is 4.14. The number of pyridine rings is 1. The Balaban J connectivity index is 0.000000606. The average Bonchev–Trinajstić information content (AvgIpc) is 2.70. The summed E-state index contributed by atoms with van der Waals surface area (Å²) in [5, 5.41) is 3.41. The van der Waals surface area contributed by atoms with E-state index in [-0.39, 0.29) is 0 Å². The van der Waals surface area contributed by atoms with E-state index in [1.807, 2.05) is 33.0 Å². The monoisotopic (exact) mass is 221 g/mol. The van der Waals surface area contributed by atoms with Crippen molar-refractivity contribution in [1.82, 2.24) is 4.98 Å². The lowest BCUT2D eigenvalue weighted by Crippen LogP contribution is -2.21.